The number of nitrogens with one attached hydrogen (secondary N) is 1. The topological polar surface area (TPSA) is 79.0 Å². The SMILES string of the molecule is CN(C)C(=O)CN1[C@H]2CCNCC[C@@H]2Oc2ccccc2S1(=O)=O. The van der Waals surface area contributed by atoms with Gasteiger partial charge in [-0.05, 0) is 38.1 Å². The molecule has 1 aromatic carbocycles. The number of nitrogens with zero attached hydrogens (tertiary/aromatic N) is 2. The van der Waals surface area contributed by atoms with Gasteiger partial charge >= 0.3 is 0 Å². The third kappa shape index (κ3) is 3.13. The lowest BCUT2D eigenvalue weighted by Gasteiger charge is -2.31. The molecule has 8 heteroatoms. The molecule has 7 nitrogen and oxygen atoms in total. The maximum absolute atomic E-state index is 13.2. The number of hydrogen-bond donors (Lipinski definition) is 1. The average molecular weight is 353 g/mol. The highest BCUT2D eigenvalue weighted by atomic mass is 32.2. The Balaban J connectivity index is 2.08. The number of amides is 1. The smallest absolute Gasteiger partial charge is 0.247 e. The molecule has 2 aliphatic heterocycles. The van der Waals surface area contributed by atoms with Crippen LogP contribution in [0.5, 0.6) is 5.75 Å². The molecular formula is C16H23N3O4S. The number of sulfonamides is 1. The summed E-state index contributed by atoms with van der Waals surface area (Å²) in [5, 5.41) is 3.28. The fourth-order valence-electron chi connectivity index (χ4n) is 3.17. The first-order valence-electron chi connectivity index (χ1n) is 8.09. The number of likely N-dealkylation sites (N-methyl/N-ethyl adjacent to an activating group) is 1. The van der Waals surface area contributed by atoms with E-state index in [1.165, 1.54) is 9.21 Å². The zero-order valence-corrected chi connectivity index (χ0v) is 14.8. The van der Waals surface area contributed by atoms with Gasteiger partial charge in [-0.25, -0.2) is 8.42 Å². The molecule has 1 saturated heterocycles. The summed E-state index contributed by atoms with van der Waals surface area (Å²) in [6.45, 7) is 1.29. The number of benzene rings is 1. The second kappa shape index (κ2) is 6.70. The number of ether oxygens (including phenoxy) is 1. The van der Waals surface area contributed by atoms with Crippen molar-refractivity contribution in [1.29, 1.82) is 0 Å². The fraction of sp³-hybridized carbons (Fsp3) is 0.562. The molecule has 0 aromatic heterocycles. The summed E-state index contributed by atoms with van der Waals surface area (Å²) >= 11 is 0. The molecule has 1 amide bonds. The van der Waals surface area contributed by atoms with Crippen LogP contribution in [0.25, 0.3) is 0 Å². The van der Waals surface area contributed by atoms with Gasteiger partial charge in [0.05, 0.1) is 12.6 Å². The summed E-state index contributed by atoms with van der Waals surface area (Å²) in [4.78, 5) is 13.8. The summed E-state index contributed by atoms with van der Waals surface area (Å²) in [6.07, 6.45) is 1.04. The lowest BCUT2D eigenvalue weighted by molar-refractivity contribution is -0.129. The number of para-hydroxylation sites is 1. The number of carbonyl (C=O) groups excluding carboxylic acids is 1. The van der Waals surface area contributed by atoms with Crippen LogP contribution < -0.4 is 10.1 Å². The Bertz CT molecular complexity index is 720. The molecule has 0 bridgehead atoms. The highest BCUT2D eigenvalue weighted by molar-refractivity contribution is 7.89. The van der Waals surface area contributed by atoms with Gasteiger partial charge in [0.2, 0.25) is 15.9 Å². The van der Waals surface area contributed by atoms with Gasteiger partial charge in [0, 0.05) is 14.1 Å². The molecule has 0 aliphatic carbocycles. The quantitative estimate of drug-likeness (QED) is 0.826. The van der Waals surface area contributed by atoms with Crippen molar-refractivity contribution < 1.29 is 17.9 Å². The van der Waals surface area contributed by atoms with E-state index in [0.717, 1.165) is 6.54 Å². The summed E-state index contributed by atoms with van der Waals surface area (Å²) in [5.41, 5.74) is 0. The highest BCUT2D eigenvalue weighted by Crippen LogP contribution is 2.35. The Morgan fingerprint density at radius 3 is 2.75 bits per heavy atom. The third-order valence-electron chi connectivity index (χ3n) is 4.53. The van der Waals surface area contributed by atoms with Crippen molar-refractivity contribution in [2.24, 2.45) is 0 Å². The van der Waals surface area contributed by atoms with Gasteiger partial charge < -0.3 is 15.0 Å². The Morgan fingerprint density at radius 2 is 2.00 bits per heavy atom. The highest BCUT2D eigenvalue weighted by Gasteiger charge is 2.43. The van der Waals surface area contributed by atoms with Crippen molar-refractivity contribution in [3.63, 3.8) is 0 Å². The standard InChI is InChI=1S/C16H23N3O4S/c1-18(2)16(20)11-19-12-7-9-17-10-8-13(12)23-14-5-3-4-6-15(14)24(19,21)22/h3-6,12-13,17H,7-11H2,1-2H3/t12-,13-/m0/s1. The minimum atomic E-state index is -3.80. The third-order valence-corrected chi connectivity index (χ3v) is 6.44. The van der Waals surface area contributed by atoms with Gasteiger partial charge in [-0.2, -0.15) is 4.31 Å². The van der Waals surface area contributed by atoms with Crippen molar-refractivity contribution in [1.82, 2.24) is 14.5 Å². The number of fused-ring (bicyclic) bond motifs is 2. The fourth-order valence-corrected chi connectivity index (χ4v) is 4.92. The first kappa shape index (κ1) is 17.2. The van der Waals surface area contributed by atoms with Crippen LogP contribution in [-0.4, -0.2) is 69.4 Å². The van der Waals surface area contributed by atoms with Crippen molar-refractivity contribution in [3.05, 3.63) is 24.3 Å². The van der Waals surface area contributed by atoms with Crippen molar-refractivity contribution in [3.8, 4) is 5.75 Å². The molecule has 2 heterocycles. The van der Waals surface area contributed by atoms with Gasteiger partial charge in [0.25, 0.3) is 0 Å². The maximum Gasteiger partial charge on any atom is 0.247 e. The molecule has 2 atom stereocenters. The molecule has 24 heavy (non-hydrogen) atoms. The van der Waals surface area contributed by atoms with Crippen molar-refractivity contribution in [2.45, 2.75) is 29.9 Å². The van der Waals surface area contributed by atoms with Crippen LogP contribution in [0, 0.1) is 0 Å². The van der Waals surface area contributed by atoms with Gasteiger partial charge in [-0.3, -0.25) is 4.79 Å². The van der Waals surface area contributed by atoms with E-state index in [0.29, 0.717) is 25.1 Å². The molecule has 132 valence electrons. The first-order chi connectivity index (χ1) is 11.4. The number of hydrogen-bond acceptors (Lipinski definition) is 5. The molecule has 3 rings (SSSR count). The minimum Gasteiger partial charge on any atom is -0.487 e. The van der Waals surface area contributed by atoms with Gasteiger partial charge in [-0.15, -0.1) is 0 Å². The Kier molecular flexibility index (Phi) is 4.80. The normalized spacial score (nSPS) is 26.2. The predicted molar refractivity (Wildman–Crippen MR) is 89.3 cm³/mol. The average Bonchev–Trinajstić information content (AvgIpc) is 2.81. The molecule has 0 unspecified atom stereocenters. The Labute approximate surface area is 142 Å². The van der Waals surface area contributed by atoms with E-state index < -0.39 is 10.0 Å². The van der Waals surface area contributed by atoms with E-state index in [9.17, 15) is 13.2 Å². The monoisotopic (exact) mass is 353 g/mol. The summed E-state index contributed by atoms with van der Waals surface area (Å²) in [7, 11) is -0.545. The van der Waals surface area contributed by atoms with E-state index in [4.69, 9.17) is 4.74 Å². The van der Waals surface area contributed by atoms with Crippen LogP contribution in [0.4, 0.5) is 0 Å². The minimum absolute atomic E-state index is 0.137. The van der Waals surface area contributed by atoms with E-state index in [2.05, 4.69) is 5.32 Å². The molecule has 1 aromatic rings. The van der Waals surface area contributed by atoms with E-state index in [1.807, 2.05) is 0 Å². The van der Waals surface area contributed by atoms with Crippen LogP contribution >= 0.6 is 0 Å². The maximum atomic E-state index is 13.2. The number of carbonyl (C=O) groups is 1. The van der Waals surface area contributed by atoms with E-state index >= 15 is 0 Å². The molecule has 0 spiro atoms. The second-order valence-corrected chi connectivity index (χ2v) is 8.20. The predicted octanol–water partition coefficient (Wildman–Crippen LogP) is 0.279. The summed E-state index contributed by atoms with van der Waals surface area (Å²) < 4.78 is 33.8. The van der Waals surface area contributed by atoms with Gasteiger partial charge in [0.15, 0.2) is 0 Å². The van der Waals surface area contributed by atoms with Gasteiger partial charge in [-0.1, -0.05) is 12.1 Å². The summed E-state index contributed by atoms with van der Waals surface area (Å²) in [5.74, 6) is 0.128. The zero-order chi connectivity index (χ0) is 17.3. The van der Waals surface area contributed by atoms with Gasteiger partial charge in [0.1, 0.15) is 16.7 Å². The molecular weight excluding hydrogens is 330 g/mol. The van der Waals surface area contributed by atoms with Crippen molar-refractivity contribution >= 4 is 15.9 Å². The first-order valence-corrected chi connectivity index (χ1v) is 9.53. The Morgan fingerprint density at radius 1 is 1.29 bits per heavy atom. The lowest BCUT2D eigenvalue weighted by atomic mass is 10.1. The second-order valence-electron chi connectivity index (χ2n) is 6.34. The molecule has 1 fully saturated rings. The van der Waals surface area contributed by atoms with Crippen LogP contribution in [0.2, 0.25) is 0 Å². The van der Waals surface area contributed by atoms with E-state index in [1.54, 1.807) is 38.4 Å². The zero-order valence-electron chi connectivity index (χ0n) is 13.9. The van der Waals surface area contributed by atoms with E-state index in [-0.39, 0.29) is 29.5 Å². The molecule has 1 N–H and O–H groups in total. The largest absolute Gasteiger partial charge is 0.487 e. The lowest BCUT2D eigenvalue weighted by Crippen LogP contribution is -2.50. The number of rotatable bonds is 2. The van der Waals surface area contributed by atoms with Crippen LogP contribution in [0.3, 0.4) is 0 Å². The van der Waals surface area contributed by atoms with Crippen LogP contribution in [0.1, 0.15) is 12.8 Å². The molecule has 0 saturated carbocycles. The Hall–Kier alpha value is -1.64. The van der Waals surface area contributed by atoms with Crippen LogP contribution in [-0.2, 0) is 14.8 Å². The molecule has 2 aliphatic rings. The molecule has 0 radical (unpaired) electrons. The van der Waals surface area contributed by atoms with Crippen molar-refractivity contribution in [2.75, 3.05) is 33.7 Å². The summed E-state index contributed by atoms with van der Waals surface area (Å²) in [6, 6.07) is 6.30. The van der Waals surface area contributed by atoms with Crippen LogP contribution in [0.15, 0.2) is 29.2 Å².